The first-order chi connectivity index (χ1) is 7.63. The Hall–Kier alpha value is -0.280. The first-order valence-electron chi connectivity index (χ1n) is 5.33. The van der Waals surface area contributed by atoms with Crippen LogP contribution in [-0.4, -0.2) is 24.4 Å². The Bertz CT molecular complexity index is 329. The summed E-state index contributed by atoms with van der Waals surface area (Å²) < 4.78 is 5.18. The minimum Gasteiger partial charge on any atom is -0.393 e. The maximum atomic E-state index is 9.75. The second-order valence-electron chi connectivity index (χ2n) is 3.58. The molecule has 0 aliphatic carbocycles. The molecule has 0 aromatic heterocycles. The minimum absolute atomic E-state index is 0.426. The molecular formula is C12H16Cl2O2. The van der Waals surface area contributed by atoms with E-state index in [4.69, 9.17) is 27.9 Å². The van der Waals surface area contributed by atoms with Crippen molar-refractivity contribution in [3.63, 3.8) is 0 Å². The molecule has 2 nitrogen and oxygen atoms in total. The zero-order valence-corrected chi connectivity index (χ0v) is 10.8. The van der Waals surface area contributed by atoms with E-state index in [9.17, 15) is 5.11 Å². The van der Waals surface area contributed by atoms with Crippen LogP contribution in [0, 0.1) is 0 Å². The van der Waals surface area contributed by atoms with Crippen LogP contribution in [0.1, 0.15) is 18.9 Å². The van der Waals surface area contributed by atoms with Gasteiger partial charge in [0.2, 0.25) is 0 Å². The molecule has 0 amide bonds. The van der Waals surface area contributed by atoms with Crippen molar-refractivity contribution in [3.05, 3.63) is 33.8 Å². The summed E-state index contributed by atoms with van der Waals surface area (Å²) in [6.07, 6.45) is 0.723. The summed E-state index contributed by atoms with van der Waals surface area (Å²) in [5.41, 5.74) is 0.912. The van der Waals surface area contributed by atoms with Crippen LogP contribution in [0.3, 0.4) is 0 Å². The fourth-order valence-corrected chi connectivity index (χ4v) is 1.89. The number of benzene rings is 1. The second-order valence-corrected chi connectivity index (χ2v) is 4.42. The van der Waals surface area contributed by atoms with Crippen molar-refractivity contribution in [2.24, 2.45) is 0 Å². The first kappa shape index (κ1) is 13.8. The monoisotopic (exact) mass is 262 g/mol. The van der Waals surface area contributed by atoms with Crippen molar-refractivity contribution < 1.29 is 9.84 Å². The van der Waals surface area contributed by atoms with Crippen molar-refractivity contribution in [1.82, 2.24) is 0 Å². The molecule has 1 N–H and O–H groups in total. The Kier molecular flexibility index (Phi) is 6.14. The lowest BCUT2D eigenvalue weighted by molar-refractivity contribution is 0.0887. The largest absolute Gasteiger partial charge is 0.393 e. The van der Waals surface area contributed by atoms with Crippen molar-refractivity contribution in [3.8, 4) is 0 Å². The smallest absolute Gasteiger partial charge is 0.0603 e. The van der Waals surface area contributed by atoms with Crippen LogP contribution < -0.4 is 0 Å². The fourth-order valence-electron chi connectivity index (χ4n) is 1.41. The average Bonchev–Trinajstić information content (AvgIpc) is 2.23. The number of aliphatic hydroxyl groups excluding tert-OH is 1. The van der Waals surface area contributed by atoms with Crippen molar-refractivity contribution >= 4 is 23.2 Å². The number of ether oxygens (including phenoxy) is 1. The minimum atomic E-state index is -0.426. The maximum Gasteiger partial charge on any atom is 0.0603 e. The van der Waals surface area contributed by atoms with Crippen LogP contribution in [0.25, 0.3) is 0 Å². The number of aliphatic hydroxyl groups is 1. The lowest BCUT2D eigenvalue weighted by Gasteiger charge is -2.11. The Morgan fingerprint density at radius 3 is 2.75 bits per heavy atom. The quantitative estimate of drug-likeness (QED) is 0.798. The zero-order chi connectivity index (χ0) is 12.0. The lowest BCUT2D eigenvalue weighted by Crippen LogP contribution is -2.13. The lowest BCUT2D eigenvalue weighted by atomic mass is 10.1. The average molecular weight is 263 g/mol. The zero-order valence-electron chi connectivity index (χ0n) is 9.25. The Balaban J connectivity index is 2.46. The van der Waals surface area contributed by atoms with Crippen LogP contribution in [0.15, 0.2) is 18.2 Å². The molecule has 0 aliphatic rings. The molecule has 90 valence electrons. The molecule has 1 aromatic carbocycles. The molecule has 0 aliphatic heterocycles. The van der Waals surface area contributed by atoms with Gasteiger partial charge in [-0.25, -0.2) is 0 Å². The van der Waals surface area contributed by atoms with Crippen molar-refractivity contribution in [2.45, 2.75) is 25.9 Å². The first-order valence-corrected chi connectivity index (χ1v) is 6.08. The summed E-state index contributed by atoms with van der Waals surface area (Å²) in [4.78, 5) is 0. The van der Waals surface area contributed by atoms with Gasteiger partial charge >= 0.3 is 0 Å². The van der Waals surface area contributed by atoms with E-state index in [0.29, 0.717) is 36.1 Å². The Morgan fingerprint density at radius 2 is 2.12 bits per heavy atom. The second kappa shape index (κ2) is 7.13. The van der Waals surface area contributed by atoms with Crippen LogP contribution in [0.4, 0.5) is 0 Å². The highest BCUT2D eigenvalue weighted by atomic mass is 35.5. The van der Waals surface area contributed by atoms with Gasteiger partial charge in [0.1, 0.15) is 0 Å². The molecule has 0 saturated heterocycles. The standard InChI is InChI=1S/C12H16Cl2O2/c1-2-16-6-5-11(15)7-9-3-4-10(13)8-12(9)14/h3-4,8,11,15H,2,5-7H2,1H3. The van der Waals surface area contributed by atoms with E-state index in [2.05, 4.69) is 0 Å². The van der Waals surface area contributed by atoms with E-state index < -0.39 is 6.10 Å². The summed E-state index contributed by atoms with van der Waals surface area (Å²) in [5, 5.41) is 11.0. The van der Waals surface area contributed by atoms with E-state index in [1.54, 1.807) is 12.1 Å². The Labute approximate surface area is 106 Å². The summed E-state index contributed by atoms with van der Waals surface area (Å²) in [5.74, 6) is 0. The summed E-state index contributed by atoms with van der Waals surface area (Å²) in [6.45, 7) is 3.18. The van der Waals surface area contributed by atoms with E-state index in [1.807, 2.05) is 13.0 Å². The van der Waals surface area contributed by atoms with Crippen LogP contribution in [0.5, 0.6) is 0 Å². The van der Waals surface area contributed by atoms with E-state index in [0.717, 1.165) is 5.56 Å². The molecule has 0 saturated carbocycles. The molecular weight excluding hydrogens is 247 g/mol. The van der Waals surface area contributed by atoms with Gasteiger partial charge in [-0.3, -0.25) is 0 Å². The summed E-state index contributed by atoms with van der Waals surface area (Å²) in [7, 11) is 0. The van der Waals surface area contributed by atoms with Crippen molar-refractivity contribution in [2.75, 3.05) is 13.2 Å². The number of halogens is 2. The highest BCUT2D eigenvalue weighted by molar-refractivity contribution is 6.35. The number of rotatable bonds is 6. The highest BCUT2D eigenvalue weighted by Gasteiger charge is 2.08. The van der Waals surface area contributed by atoms with E-state index >= 15 is 0 Å². The molecule has 1 atom stereocenters. The maximum absolute atomic E-state index is 9.75. The molecule has 0 bridgehead atoms. The van der Waals surface area contributed by atoms with Crippen LogP contribution in [0.2, 0.25) is 10.0 Å². The summed E-state index contributed by atoms with van der Waals surface area (Å²) >= 11 is 11.8. The molecule has 0 fully saturated rings. The third-order valence-corrected chi connectivity index (χ3v) is 2.86. The molecule has 16 heavy (non-hydrogen) atoms. The topological polar surface area (TPSA) is 29.5 Å². The molecule has 1 unspecified atom stereocenters. The van der Waals surface area contributed by atoms with Crippen LogP contribution in [-0.2, 0) is 11.2 Å². The molecule has 0 radical (unpaired) electrons. The van der Waals surface area contributed by atoms with Gasteiger partial charge < -0.3 is 9.84 Å². The SMILES string of the molecule is CCOCCC(O)Cc1ccc(Cl)cc1Cl. The van der Waals surface area contributed by atoms with Crippen molar-refractivity contribution in [1.29, 1.82) is 0 Å². The van der Waals surface area contributed by atoms with Crippen LogP contribution >= 0.6 is 23.2 Å². The number of hydrogen-bond donors (Lipinski definition) is 1. The van der Waals surface area contributed by atoms with Gasteiger partial charge in [0, 0.05) is 23.3 Å². The molecule has 1 rings (SSSR count). The predicted octanol–water partition coefficient (Wildman–Crippen LogP) is 3.32. The van der Waals surface area contributed by atoms with Gasteiger partial charge in [0.05, 0.1) is 6.10 Å². The molecule has 0 heterocycles. The molecule has 0 spiro atoms. The molecule has 4 heteroatoms. The predicted molar refractivity (Wildman–Crippen MR) is 67.3 cm³/mol. The van der Waals surface area contributed by atoms with Gasteiger partial charge in [0.15, 0.2) is 0 Å². The summed E-state index contributed by atoms with van der Waals surface area (Å²) in [6, 6.07) is 5.31. The van der Waals surface area contributed by atoms with Gasteiger partial charge in [-0.2, -0.15) is 0 Å². The van der Waals surface area contributed by atoms with Gasteiger partial charge in [-0.15, -0.1) is 0 Å². The highest BCUT2D eigenvalue weighted by Crippen LogP contribution is 2.22. The normalized spacial score (nSPS) is 12.8. The fraction of sp³-hybridized carbons (Fsp3) is 0.500. The third-order valence-electron chi connectivity index (χ3n) is 2.27. The van der Waals surface area contributed by atoms with Gasteiger partial charge in [-0.1, -0.05) is 29.3 Å². The van der Waals surface area contributed by atoms with E-state index in [-0.39, 0.29) is 0 Å². The third kappa shape index (κ3) is 4.71. The molecule has 1 aromatic rings. The van der Waals surface area contributed by atoms with E-state index in [1.165, 1.54) is 0 Å². The van der Waals surface area contributed by atoms with Gasteiger partial charge in [-0.05, 0) is 37.5 Å². The number of hydrogen-bond acceptors (Lipinski definition) is 2. The Morgan fingerprint density at radius 1 is 1.38 bits per heavy atom. The van der Waals surface area contributed by atoms with Gasteiger partial charge in [0.25, 0.3) is 0 Å².